The summed E-state index contributed by atoms with van der Waals surface area (Å²) >= 11 is 0. The van der Waals surface area contributed by atoms with Gasteiger partial charge in [-0.15, -0.1) is 0 Å². The molecule has 2 aromatic rings. The molecule has 2 nitrogen and oxygen atoms in total. The van der Waals surface area contributed by atoms with E-state index in [2.05, 4.69) is 6.92 Å². The van der Waals surface area contributed by atoms with Crippen LogP contribution in [0, 0.1) is 17.5 Å². The van der Waals surface area contributed by atoms with E-state index >= 15 is 0 Å². The van der Waals surface area contributed by atoms with Crippen LogP contribution in [0.5, 0.6) is 5.75 Å². The summed E-state index contributed by atoms with van der Waals surface area (Å²) in [4.78, 5) is 0. The summed E-state index contributed by atoms with van der Waals surface area (Å²) in [5.74, 6) is -2.75. The van der Waals surface area contributed by atoms with Gasteiger partial charge in [0.05, 0.1) is 13.2 Å². The van der Waals surface area contributed by atoms with Gasteiger partial charge >= 0.3 is 0 Å². The molecule has 0 unspecified atom stereocenters. The second kappa shape index (κ2) is 8.02. The summed E-state index contributed by atoms with van der Waals surface area (Å²) in [7, 11) is 0. The third kappa shape index (κ3) is 4.05. The lowest BCUT2D eigenvalue weighted by Crippen LogP contribution is -2.00. The van der Waals surface area contributed by atoms with E-state index in [0.29, 0.717) is 6.61 Å². The van der Waals surface area contributed by atoms with Crippen LogP contribution in [0.3, 0.4) is 0 Å². The number of hydrogen-bond acceptors (Lipinski definition) is 2. The fourth-order valence-electron chi connectivity index (χ4n) is 2.25. The summed E-state index contributed by atoms with van der Waals surface area (Å²) in [6, 6.07) is 6.61. The zero-order valence-electron chi connectivity index (χ0n) is 12.9. The van der Waals surface area contributed by atoms with Gasteiger partial charge in [-0.2, -0.15) is 0 Å². The molecule has 0 radical (unpaired) electrons. The molecule has 0 saturated carbocycles. The Kier molecular flexibility index (Phi) is 6.04. The summed E-state index contributed by atoms with van der Waals surface area (Å²) in [5.41, 5.74) is 0.0167. The number of aliphatic hydroxyl groups excluding tert-OH is 1. The van der Waals surface area contributed by atoms with Gasteiger partial charge in [-0.3, -0.25) is 0 Å². The molecular weight excluding hydrogens is 305 g/mol. The Balaban J connectivity index is 2.22. The van der Waals surface area contributed by atoms with Gasteiger partial charge in [0.1, 0.15) is 0 Å². The number of benzene rings is 2. The van der Waals surface area contributed by atoms with Gasteiger partial charge in [0.2, 0.25) is 0 Å². The van der Waals surface area contributed by atoms with Gasteiger partial charge < -0.3 is 9.84 Å². The molecule has 0 aliphatic carbocycles. The van der Waals surface area contributed by atoms with Crippen LogP contribution in [0.15, 0.2) is 30.3 Å². The number of hydrogen-bond donors (Lipinski definition) is 1. The molecule has 0 aliphatic heterocycles. The average molecular weight is 324 g/mol. The summed E-state index contributed by atoms with van der Waals surface area (Å²) in [5, 5.41) is 8.92. The van der Waals surface area contributed by atoms with E-state index in [1.54, 1.807) is 0 Å². The summed E-state index contributed by atoms with van der Waals surface area (Å²) in [6.45, 7) is 1.88. The van der Waals surface area contributed by atoms with E-state index in [4.69, 9.17) is 9.84 Å². The van der Waals surface area contributed by atoms with Crippen LogP contribution in [-0.2, 0) is 6.61 Å². The fourth-order valence-corrected chi connectivity index (χ4v) is 2.25. The lowest BCUT2D eigenvalue weighted by Gasteiger charge is -2.10. The Morgan fingerprint density at radius 3 is 2.43 bits per heavy atom. The summed E-state index contributed by atoms with van der Waals surface area (Å²) < 4.78 is 47.1. The minimum Gasteiger partial charge on any atom is -0.491 e. The van der Waals surface area contributed by atoms with E-state index in [0.717, 1.165) is 25.3 Å². The van der Waals surface area contributed by atoms with Crippen LogP contribution in [0.4, 0.5) is 13.2 Å². The predicted octanol–water partition coefficient (Wildman–Crippen LogP) is 4.83. The first kappa shape index (κ1) is 17.3. The molecule has 0 aliphatic rings. The normalized spacial score (nSPS) is 10.8. The van der Waals surface area contributed by atoms with Crippen molar-refractivity contribution in [2.45, 2.75) is 32.8 Å². The number of aliphatic hydroxyl groups is 1. The van der Waals surface area contributed by atoms with E-state index in [1.165, 1.54) is 24.3 Å². The van der Waals surface area contributed by atoms with Crippen LogP contribution in [0.1, 0.15) is 31.7 Å². The second-order valence-electron chi connectivity index (χ2n) is 5.26. The van der Waals surface area contributed by atoms with Gasteiger partial charge in [0.25, 0.3) is 0 Å². The van der Waals surface area contributed by atoms with Crippen molar-refractivity contribution in [2.24, 2.45) is 0 Å². The molecular formula is C18H19F3O2. The van der Waals surface area contributed by atoms with Crippen molar-refractivity contribution < 1.29 is 23.0 Å². The monoisotopic (exact) mass is 324 g/mol. The van der Waals surface area contributed by atoms with Gasteiger partial charge in [-0.05, 0) is 24.1 Å². The molecule has 2 rings (SSSR count). The molecule has 1 N–H and O–H groups in total. The van der Waals surface area contributed by atoms with E-state index in [1.807, 2.05) is 0 Å². The molecule has 0 aromatic heterocycles. The molecule has 0 fully saturated rings. The second-order valence-corrected chi connectivity index (χ2v) is 5.26. The number of halogens is 3. The third-order valence-electron chi connectivity index (χ3n) is 3.58. The lowest BCUT2D eigenvalue weighted by atomic mass is 10.0. The minimum atomic E-state index is -1.12. The zero-order chi connectivity index (χ0) is 16.8. The zero-order valence-corrected chi connectivity index (χ0v) is 12.9. The van der Waals surface area contributed by atoms with Crippen LogP contribution >= 0.6 is 0 Å². The highest BCUT2D eigenvalue weighted by Gasteiger charge is 2.15. The minimum absolute atomic E-state index is 0.0591. The highest BCUT2D eigenvalue weighted by Crippen LogP contribution is 2.30. The van der Waals surface area contributed by atoms with E-state index in [9.17, 15) is 13.2 Å². The van der Waals surface area contributed by atoms with Crippen molar-refractivity contribution in [1.29, 1.82) is 0 Å². The highest BCUT2D eigenvalue weighted by atomic mass is 19.2. The van der Waals surface area contributed by atoms with Crippen LogP contribution in [0.25, 0.3) is 11.1 Å². The average Bonchev–Trinajstić information content (AvgIpc) is 2.55. The van der Waals surface area contributed by atoms with Gasteiger partial charge in [0.15, 0.2) is 23.2 Å². The van der Waals surface area contributed by atoms with Crippen LogP contribution in [0.2, 0.25) is 0 Å². The molecule has 0 bridgehead atoms. The standard InChI is InChI=1S/C18H19F3O2/c1-2-3-4-9-23-16-8-6-12(10-15(16)19)14-7-5-13(11-22)17(20)18(14)21/h5-8,10,22H,2-4,9,11H2,1H3. The maximum Gasteiger partial charge on any atom is 0.167 e. The largest absolute Gasteiger partial charge is 0.491 e. The predicted molar refractivity (Wildman–Crippen MR) is 82.7 cm³/mol. The molecule has 5 heteroatoms. The molecule has 23 heavy (non-hydrogen) atoms. The topological polar surface area (TPSA) is 29.5 Å². The third-order valence-corrected chi connectivity index (χ3v) is 3.58. The van der Waals surface area contributed by atoms with Crippen LogP contribution in [-0.4, -0.2) is 11.7 Å². The molecule has 0 heterocycles. The molecule has 124 valence electrons. The Labute approximate surface area is 133 Å². The smallest absolute Gasteiger partial charge is 0.167 e. The van der Waals surface area contributed by atoms with Gasteiger partial charge in [-0.1, -0.05) is 38.0 Å². The van der Waals surface area contributed by atoms with Crippen molar-refractivity contribution in [1.82, 2.24) is 0 Å². The van der Waals surface area contributed by atoms with Crippen LogP contribution < -0.4 is 4.74 Å². The fraction of sp³-hybridized carbons (Fsp3) is 0.333. The van der Waals surface area contributed by atoms with E-state index < -0.39 is 24.1 Å². The summed E-state index contributed by atoms with van der Waals surface area (Å²) in [6.07, 6.45) is 2.88. The maximum absolute atomic E-state index is 14.0. The molecule has 0 amide bonds. The van der Waals surface area contributed by atoms with Gasteiger partial charge in [-0.25, -0.2) is 13.2 Å². The first-order chi connectivity index (χ1) is 11.1. The molecule has 0 spiro atoms. The Bertz CT molecular complexity index is 672. The number of rotatable bonds is 7. The quantitative estimate of drug-likeness (QED) is 0.739. The molecule has 0 saturated heterocycles. The van der Waals surface area contributed by atoms with Crippen molar-refractivity contribution in [3.63, 3.8) is 0 Å². The first-order valence-corrected chi connectivity index (χ1v) is 7.59. The van der Waals surface area contributed by atoms with Crippen molar-refractivity contribution >= 4 is 0 Å². The van der Waals surface area contributed by atoms with Crippen molar-refractivity contribution in [3.05, 3.63) is 53.3 Å². The molecule has 2 aromatic carbocycles. The first-order valence-electron chi connectivity index (χ1n) is 7.59. The molecule has 0 atom stereocenters. The Morgan fingerprint density at radius 2 is 1.78 bits per heavy atom. The Hall–Kier alpha value is -2.01. The number of ether oxygens (including phenoxy) is 1. The van der Waals surface area contributed by atoms with Crippen molar-refractivity contribution in [2.75, 3.05) is 6.61 Å². The lowest BCUT2D eigenvalue weighted by molar-refractivity contribution is 0.273. The van der Waals surface area contributed by atoms with E-state index in [-0.39, 0.29) is 22.4 Å². The number of unbranched alkanes of at least 4 members (excludes halogenated alkanes) is 2. The maximum atomic E-state index is 14.0. The van der Waals surface area contributed by atoms with Crippen molar-refractivity contribution in [3.8, 4) is 16.9 Å². The Morgan fingerprint density at radius 1 is 1.00 bits per heavy atom. The SMILES string of the molecule is CCCCCOc1ccc(-c2ccc(CO)c(F)c2F)cc1F. The highest BCUT2D eigenvalue weighted by molar-refractivity contribution is 5.65. The van der Waals surface area contributed by atoms with Gasteiger partial charge in [0, 0.05) is 11.1 Å².